The highest BCUT2D eigenvalue weighted by Crippen LogP contribution is 2.14. The molecule has 1 amide bonds. The predicted octanol–water partition coefficient (Wildman–Crippen LogP) is 1.96. The van der Waals surface area contributed by atoms with E-state index in [-0.39, 0.29) is 6.04 Å². The fraction of sp³-hybridized carbons (Fsp3) is 0.429. The van der Waals surface area contributed by atoms with Crippen LogP contribution < -0.4 is 5.32 Å². The fourth-order valence-electron chi connectivity index (χ4n) is 2.45. The molecule has 2 rings (SSSR count). The molecule has 0 saturated carbocycles. The summed E-state index contributed by atoms with van der Waals surface area (Å²) in [6.45, 7) is 6.30. The van der Waals surface area contributed by atoms with E-state index in [2.05, 4.69) is 21.8 Å². The quantitative estimate of drug-likeness (QED) is 0.869. The number of nitrogens with one attached hydrogen (secondary N) is 1. The van der Waals surface area contributed by atoms with E-state index in [1.165, 1.54) is 5.56 Å². The molecule has 5 nitrogen and oxygen atoms in total. The molecule has 1 aromatic rings. The van der Waals surface area contributed by atoms with Crippen LogP contribution in [0.15, 0.2) is 24.9 Å². The summed E-state index contributed by atoms with van der Waals surface area (Å²) in [7, 11) is 0. The van der Waals surface area contributed by atoms with Crippen molar-refractivity contribution in [2.75, 3.05) is 13.1 Å². The van der Waals surface area contributed by atoms with Gasteiger partial charge in [-0.1, -0.05) is 6.58 Å². The molecule has 0 aromatic carbocycles. The van der Waals surface area contributed by atoms with Crippen LogP contribution >= 0.6 is 0 Å². The molecule has 0 aliphatic carbocycles. The van der Waals surface area contributed by atoms with Crippen LogP contribution in [0.1, 0.15) is 24.1 Å². The molecule has 0 spiro atoms. The second kappa shape index (κ2) is 6.33. The molecule has 2 N–H and O–H groups in total. The lowest BCUT2D eigenvalue weighted by molar-refractivity contribution is 0.160. The molecule has 1 aliphatic rings. The minimum absolute atomic E-state index is 0.0342. The molecule has 1 atom stereocenters. The first-order valence-electron chi connectivity index (χ1n) is 6.46. The van der Waals surface area contributed by atoms with Crippen molar-refractivity contribution in [2.45, 2.75) is 25.4 Å². The van der Waals surface area contributed by atoms with E-state index in [9.17, 15) is 4.79 Å². The second-order valence-corrected chi connectivity index (χ2v) is 4.82. The van der Waals surface area contributed by atoms with Crippen LogP contribution in [0.5, 0.6) is 0 Å². The van der Waals surface area contributed by atoms with Crippen LogP contribution in [-0.2, 0) is 6.54 Å². The van der Waals surface area contributed by atoms with Gasteiger partial charge in [0.15, 0.2) is 0 Å². The van der Waals surface area contributed by atoms with Crippen LogP contribution in [0.2, 0.25) is 0 Å². The molecule has 1 saturated heterocycles. The van der Waals surface area contributed by atoms with E-state index < -0.39 is 6.09 Å². The maximum Gasteiger partial charge on any atom is 0.404 e. The SMILES string of the molecule is C=Cc1cc(CN2CCCC(NC(=O)O)C2)ccn1. The van der Waals surface area contributed by atoms with E-state index >= 15 is 0 Å². The van der Waals surface area contributed by atoms with Crippen molar-refractivity contribution in [3.63, 3.8) is 0 Å². The van der Waals surface area contributed by atoms with Crippen molar-refractivity contribution in [1.29, 1.82) is 0 Å². The van der Waals surface area contributed by atoms with Crippen LogP contribution in [0.4, 0.5) is 4.79 Å². The average Bonchev–Trinajstić information content (AvgIpc) is 2.38. The highest BCUT2D eigenvalue weighted by atomic mass is 16.4. The van der Waals surface area contributed by atoms with Gasteiger partial charge in [-0.25, -0.2) is 4.79 Å². The summed E-state index contributed by atoms with van der Waals surface area (Å²) in [5, 5.41) is 11.3. The molecule has 19 heavy (non-hydrogen) atoms. The third-order valence-corrected chi connectivity index (χ3v) is 3.29. The molecule has 102 valence electrons. The number of pyridine rings is 1. The Morgan fingerprint density at radius 3 is 3.26 bits per heavy atom. The Morgan fingerprint density at radius 2 is 2.53 bits per heavy atom. The number of carbonyl (C=O) groups is 1. The molecule has 1 aliphatic heterocycles. The van der Waals surface area contributed by atoms with E-state index in [1.807, 2.05) is 12.1 Å². The molecule has 1 fully saturated rings. The molecular formula is C14H19N3O2. The summed E-state index contributed by atoms with van der Waals surface area (Å²) < 4.78 is 0. The minimum atomic E-state index is -0.940. The molecular weight excluding hydrogens is 242 g/mol. The van der Waals surface area contributed by atoms with Crippen molar-refractivity contribution in [2.24, 2.45) is 0 Å². The van der Waals surface area contributed by atoms with Gasteiger partial charge in [0.25, 0.3) is 0 Å². The van der Waals surface area contributed by atoms with Gasteiger partial charge in [-0.2, -0.15) is 0 Å². The molecule has 0 bridgehead atoms. The zero-order valence-electron chi connectivity index (χ0n) is 10.9. The van der Waals surface area contributed by atoms with Crippen LogP contribution in [0.25, 0.3) is 6.08 Å². The summed E-state index contributed by atoms with van der Waals surface area (Å²) in [6, 6.07) is 4.04. The number of likely N-dealkylation sites (tertiary alicyclic amines) is 1. The van der Waals surface area contributed by atoms with Gasteiger partial charge in [0.1, 0.15) is 0 Å². The molecule has 2 heterocycles. The Kier molecular flexibility index (Phi) is 4.52. The summed E-state index contributed by atoms with van der Waals surface area (Å²) in [5.74, 6) is 0. The van der Waals surface area contributed by atoms with E-state index in [0.29, 0.717) is 0 Å². The Balaban J connectivity index is 1.94. The maximum atomic E-state index is 10.7. The summed E-state index contributed by atoms with van der Waals surface area (Å²) in [5.41, 5.74) is 2.05. The van der Waals surface area contributed by atoms with Gasteiger partial charge in [-0.3, -0.25) is 9.88 Å². The lowest BCUT2D eigenvalue weighted by Crippen LogP contribution is -2.46. The number of carboxylic acid groups (broad SMARTS) is 1. The lowest BCUT2D eigenvalue weighted by atomic mass is 10.0. The predicted molar refractivity (Wildman–Crippen MR) is 73.8 cm³/mol. The number of hydrogen-bond acceptors (Lipinski definition) is 3. The smallest absolute Gasteiger partial charge is 0.404 e. The number of hydrogen-bond donors (Lipinski definition) is 2. The first-order chi connectivity index (χ1) is 9.17. The molecule has 1 unspecified atom stereocenters. The summed E-state index contributed by atoms with van der Waals surface area (Å²) in [6.07, 6.45) is 4.50. The van der Waals surface area contributed by atoms with Crippen molar-refractivity contribution in [1.82, 2.24) is 15.2 Å². The number of amides is 1. The molecule has 5 heteroatoms. The van der Waals surface area contributed by atoms with Gasteiger partial charge in [0.05, 0.1) is 5.69 Å². The van der Waals surface area contributed by atoms with Crippen molar-refractivity contribution in [3.05, 3.63) is 36.2 Å². The van der Waals surface area contributed by atoms with E-state index in [4.69, 9.17) is 5.11 Å². The average molecular weight is 261 g/mol. The Labute approximate surface area is 113 Å². The van der Waals surface area contributed by atoms with Crippen LogP contribution in [0.3, 0.4) is 0 Å². The van der Waals surface area contributed by atoms with Crippen molar-refractivity contribution in [3.8, 4) is 0 Å². The molecule has 0 radical (unpaired) electrons. The van der Waals surface area contributed by atoms with Crippen LogP contribution in [-0.4, -0.2) is 40.2 Å². The van der Waals surface area contributed by atoms with Gasteiger partial charge in [-0.15, -0.1) is 0 Å². The lowest BCUT2D eigenvalue weighted by Gasteiger charge is -2.32. The number of rotatable bonds is 4. The van der Waals surface area contributed by atoms with Gasteiger partial charge in [0.2, 0.25) is 0 Å². The standard InChI is InChI=1S/C14H19N3O2/c1-2-12-8-11(5-6-15-12)9-17-7-3-4-13(10-17)16-14(18)19/h2,5-6,8,13,16H,1,3-4,7,9-10H2,(H,18,19). The van der Waals surface area contributed by atoms with Gasteiger partial charge >= 0.3 is 6.09 Å². The zero-order valence-corrected chi connectivity index (χ0v) is 10.9. The minimum Gasteiger partial charge on any atom is -0.465 e. The number of piperidine rings is 1. The first kappa shape index (κ1) is 13.5. The number of nitrogens with zero attached hydrogens (tertiary/aromatic N) is 2. The van der Waals surface area contributed by atoms with Gasteiger partial charge in [-0.05, 0) is 43.2 Å². The highest BCUT2D eigenvalue weighted by molar-refractivity contribution is 5.64. The Hall–Kier alpha value is -1.88. The van der Waals surface area contributed by atoms with Crippen LogP contribution in [0, 0.1) is 0 Å². The van der Waals surface area contributed by atoms with Crippen molar-refractivity contribution >= 4 is 12.2 Å². The van der Waals surface area contributed by atoms with E-state index in [1.54, 1.807) is 12.3 Å². The van der Waals surface area contributed by atoms with Crippen molar-refractivity contribution < 1.29 is 9.90 Å². The van der Waals surface area contributed by atoms with E-state index in [0.717, 1.165) is 38.2 Å². The highest BCUT2D eigenvalue weighted by Gasteiger charge is 2.21. The zero-order chi connectivity index (χ0) is 13.7. The normalized spacial score (nSPS) is 19.9. The van der Waals surface area contributed by atoms with Gasteiger partial charge < -0.3 is 10.4 Å². The summed E-state index contributed by atoms with van der Waals surface area (Å²) in [4.78, 5) is 17.1. The summed E-state index contributed by atoms with van der Waals surface area (Å²) >= 11 is 0. The third kappa shape index (κ3) is 4.06. The monoisotopic (exact) mass is 261 g/mol. The third-order valence-electron chi connectivity index (χ3n) is 3.29. The largest absolute Gasteiger partial charge is 0.465 e. The Morgan fingerprint density at radius 1 is 1.68 bits per heavy atom. The first-order valence-corrected chi connectivity index (χ1v) is 6.46. The Bertz CT molecular complexity index is 462. The maximum absolute atomic E-state index is 10.7. The topological polar surface area (TPSA) is 65.5 Å². The molecule has 1 aromatic heterocycles. The fourth-order valence-corrected chi connectivity index (χ4v) is 2.45. The van der Waals surface area contributed by atoms with Gasteiger partial charge in [0, 0.05) is 25.3 Å². The number of aromatic nitrogens is 1. The second-order valence-electron chi connectivity index (χ2n) is 4.82.